The normalized spacial score (nSPS) is 11.5. The van der Waals surface area contributed by atoms with Crippen molar-refractivity contribution >= 4 is 66.4 Å². The Balaban J connectivity index is 1.12. The Morgan fingerprint density at radius 3 is 0.972 bits per heavy atom. The van der Waals surface area contributed by atoms with Crippen LogP contribution >= 0.6 is 0 Å². The minimum Gasteiger partial charge on any atom is -0.310 e. The van der Waals surface area contributed by atoms with Crippen molar-refractivity contribution in [1.82, 2.24) is 0 Å². The summed E-state index contributed by atoms with van der Waals surface area (Å²) >= 11 is 0. The average Bonchev–Trinajstić information content (AvgIpc) is 3.40. The van der Waals surface area contributed by atoms with Gasteiger partial charge in [-0.3, -0.25) is 0 Å². The molecule has 0 bridgehead atoms. The van der Waals surface area contributed by atoms with Gasteiger partial charge in [0.1, 0.15) is 11.6 Å². The zero-order valence-corrected chi connectivity index (χ0v) is 40.6. The summed E-state index contributed by atoms with van der Waals surface area (Å²) in [6.45, 7) is 8.66. The molecule has 0 heterocycles. The molecule has 2 nitrogen and oxygen atoms in total. The van der Waals surface area contributed by atoms with E-state index in [1.165, 1.54) is 46.2 Å². The molecule has 0 aromatic heterocycles. The van der Waals surface area contributed by atoms with Crippen molar-refractivity contribution in [2.24, 2.45) is 0 Å². The Bertz CT molecular complexity index is 3710. The maximum absolute atomic E-state index is 14.4. The zero-order valence-electron chi connectivity index (χ0n) is 40.6. The fourth-order valence-electron chi connectivity index (χ4n) is 10.8. The molecule has 12 rings (SSSR count). The smallest absolute Gasteiger partial charge is 0.123 e. The molecular weight excluding hydrogens is 883 g/mol. The van der Waals surface area contributed by atoms with Crippen LogP contribution in [0.3, 0.4) is 0 Å². The molecule has 0 fully saturated rings. The van der Waals surface area contributed by atoms with Gasteiger partial charge in [-0.1, -0.05) is 157 Å². The summed E-state index contributed by atoms with van der Waals surface area (Å²) in [5.41, 5.74) is 19.1. The van der Waals surface area contributed by atoms with Crippen LogP contribution in [0.1, 0.15) is 22.3 Å². The van der Waals surface area contributed by atoms with Crippen molar-refractivity contribution in [2.75, 3.05) is 9.80 Å². The quantitative estimate of drug-likeness (QED) is 0.126. The van der Waals surface area contributed by atoms with Crippen molar-refractivity contribution in [3.05, 3.63) is 264 Å². The van der Waals surface area contributed by atoms with E-state index in [2.05, 4.69) is 207 Å². The van der Waals surface area contributed by atoms with Gasteiger partial charge in [-0.05, 0) is 190 Å². The summed E-state index contributed by atoms with van der Waals surface area (Å²) in [5.74, 6) is -0.529. The molecule has 0 atom stereocenters. The van der Waals surface area contributed by atoms with Crippen molar-refractivity contribution in [2.45, 2.75) is 27.7 Å². The van der Waals surface area contributed by atoms with Crippen LogP contribution in [-0.2, 0) is 0 Å². The molecule has 0 spiro atoms. The van der Waals surface area contributed by atoms with E-state index in [1.807, 2.05) is 36.4 Å². The van der Waals surface area contributed by atoms with Crippen LogP contribution in [0.4, 0.5) is 42.9 Å². The van der Waals surface area contributed by atoms with Gasteiger partial charge in [0.15, 0.2) is 0 Å². The lowest BCUT2D eigenvalue weighted by Crippen LogP contribution is -2.13. The number of nitrogens with zero attached hydrogens (tertiary/aromatic N) is 2. The van der Waals surface area contributed by atoms with E-state index >= 15 is 0 Å². The van der Waals surface area contributed by atoms with Crippen LogP contribution in [0.25, 0.3) is 76.8 Å². The maximum Gasteiger partial charge on any atom is 0.123 e. The van der Waals surface area contributed by atoms with Crippen LogP contribution in [0.15, 0.2) is 231 Å². The van der Waals surface area contributed by atoms with Gasteiger partial charge in [0.2, 0.25) is 0 Å². The second kappa shape index (κ2) is 18.1. The first kappa shape index (κ1) is 44.4. The van der Waals surface area contributed by atoms with E-state index in [0.717, 1.165) is 111 Å². The molecule has 0 amide bonds. The van der Waals surface area contributed by atoms with Crippen LogP contribution in [0, 0.1) is 39.3 Å². The molecule has 0 aliphatic rings. The summed E-state index contributed by atoms with van der Waals surface area (Å²) in [6.07, 6.45) is 0. The molecule has 0 aliphatic heterocycles. The molecule has 12 aromatic rings. The Morgan fingerprint density at radius 2 is 0.611 bits per heavy atom. The molecule has 346 valence electrons. The summed E-state index contributed by atoms with van der Waals surface area (Å²) in [4.78, 5) is 4.82. The Kier molecular flexibility index (Phi) is 11.2. The largest absolute Gasteiger partial charge is 0.310 e. The van der Waals surface area contributed by atoms with Gasteiger partial charge < -0.3 is 9.80 Å². The molecule has 0 unspecified atom stereocenters. The molecule has 0 saturated heterocycles. The topological polar surface area (TPSA) is 6.48 Å². The fourth-order valence-corrected chi connectivity index (χ4v) is 10.8. The third kappa shape index (κ3) is 8.11. The third-order valence-corrected chi connectivity index (χ3v) is 14.2. The summed E-state index contributed by atoms with van der Waals surface area (Å²) in [5, 5.41) is 6.91. The van der Waals surface area contributed by atoms with Gasteiger partial charge in [0.05, 0.1) is 11.4 Å². The number of benzene rings is 12. The summed E-state index contributed by atoms with van der Waals surface area (Å²) in [7, 11) is 0. The highest BCUT2D eigenvalue weighted by molar-refractivity contribution is 6.28. The molecule has 12 aromatic carbocycles. The van der Waals surface area contributed by atoms with Crippen molar-refractivity contribution < 1.29 is 8.78 Å². The van der Waals surface area contributed by atoms with E-state index in [4.69, 9.17) is 0 Å². The highest BCUT2D eigenvalue weighted by atomic mass is 19.1. The molecule has 0 N–H and O–H groups in total. The van der Waals surface area contributed by atoms with Gasteiger partial charge >= 0.3 is 0 Å². The van der Waals surface area contributed by atoms with Gasteiger partial charge in [-0.25, -0.2) is 8.78 Å². The molecular formula is C68H50F2N2. The van der Waals surface area contributed by atoms with Crippen LogP contribution < -0.4 is 9.80 Å². The molecule has 72 heavy (non-hydrogen) atoms. The lowest BCUT2D eigenvalue weighted by atomic mass is 9.91. The van der Waals surface area contributed by atoms with Gasteiger partial charge in [-0.15, -0.1) is 0 Å². The first-order chi connectivity index (χ1) is 35.1. The average molecular weight is 933 g/mol. The van der Waals surface area contributed by atoms with Gasteiger partial charge in [0.25, 0.3) is 0 Å². The Hall–Kier alpha value is -8.86. The Labute approximate surface area is 419 Å². The van der Waals surface area contributed by atoms with E-state index in [1.54, 1.807) is 0 Å². The highest BCUT2D eigenvalue weighted by Crippen LogP contribution is 2.50. The second-order valence-electron chi connectivity index (χ2n) is 19.1. The number of aryl methyl sites for hydroxylation is 4. The molecule has 0 saturated carbocycles. The standard InChI is InChI=1S/C68H50F2N2/c1-43-15-31-63(45(3)35-43)71(59-39-53(47-11-7-5-8-12-47)37-55(41-59)49-17-25-57(69)26-18-49)65-33-23-51-22-30-62-66(34-24-52-21-29-61(65)67(51)68(52)62)72(64-32-16-44(2)36-46(64)4)60-40-54(48-13-9-6-10-14-48)38-56(42-60)50-19-27-58(70)28-20-50/h5-42H,1-4H3. The molecule has 0 aliphatic carbocycles. The van der Waals surface area contributed by atoms with E-state index in [-0.39, 0.29) is 11.6 Å². The van der Waals surface area contributed by atoms with E-state index in [9.17, 15) is 8.78 Å². The van der Waals surface area contributed by atoms with Gasteiger partial charge in [-0.2, -0.15) is 0 Å². The number of anilines is 6. The monoisotopic (exact) mass is 932 g/mol. The van der Waals surface area contributed by atoms with Crippen molar-refractivity contribution in [3.8, 4) is 44.5 Å². The third-order valence-electron chi connectivity index (χ3n) is 14.2. The highest BCUT2D eigenvalue weighted by Gasteiger charge is 2.25. The molecule has 0 radical (unpaired) electrons. The predicted molar refractivity (Wildman–Crippen MR) is 300 cm³/mol. The number of hydrogen-bond acceptors (Lipinski definition) is 2. The SMILES string of the molecule is Cc1ccc(N(c2cc(-c3ccccc3)cc(-c3ccc(F)cc3)c2)c2ccc3ccc4c(N(c5cc(-c6ccccc6)cc(-c6ccc(F)cc6)c5)c5ccc(C)cc5C)ccc5ccc2c3c54)c(C)c1. The Morgan fingerprint density at radius 1 is 0.278 bits per heavy atom. The lowest BCUT2D eigenvalue weighted by Gasteiger charge is -2.31. The first-order valence-electron chi connectivity index (χ1n) is 24.5. The summed E-state index contributed by atoms with van der Waals surface area (Å²) in [6, 6.07) is 79.5. The van der Waals surface area contributed by atoms with Crippen molar-refractivity contribution in [1.29, 1.82) is 0 Å². The van der Waals surface area contributed by atoms with E-state index in [0.29, 0.717) is 0 Å². The fraction of sp³-hybridized carbons (Fsp3) is 0.0588. The van der Waals surface area contributed by atoms with Crippen LogP contribution in [-0.4, -0.2) is 0 Å². The van der Waals surface area contributed by atoms with Crippen molar-refractivity contribution in [3.63, 3.8) is 0 Å². The maximum atomic E-state index is 14.4. The zero-order chi connectivity index (χ0) is 49.0. The van der Waals surface area contributed by atoms with Crippen LogP contribution in [0.2, 0.25) is 0 Å². The van der Waals surface area contributed by atoms with Crippen LogP contribution in [0.5, 0.6) is 0 Å². The lowest BCUT2D eigenvalue weighted by molar-refractivity contribution is 0.627. The second-order valence-corrected chi connectivity index (χ2v) is 19.1. The molecule has 4 heteroatoms. The number of halogens is 2. The van der Waals surface area contributed by atoms with E-state index < -0.39 is 0 Å². The van der Waals surface area contributed by atoms with Gasteiger partial charge in [0, 0.05) is 33.5 Å². The summed E-state index contributed by atoms with van der Waals surface area (Å²) < 4.78 is 28.8. The number of rotatable bonds is 10. The number of hydrogen-bond donors (Lipinski definition) is 0. The minimum absolute atomic E-state index is 0.264. The first-order valence-corrected chi connectivity index (χ1v) is 24.5. The minimum atomic E-state index is -0.264. The predicted octanol–water partition coefficient (Wildman–Crippen LogP) is 19.7.